The molecule has 2 amide bonds. The van der Waals surface area contributed by atoms with Gasteiger partial charge in [-0.25, -0.2) is 0 Å². The Hall–Kier alpha value is -4.33. The molecule has 0 aliphatic carbocycles. The zero-order valence-electron chi connectivity index (χ0n) is 18.4. The van der Waals surface area contributed by atoms with Crippen LogP contribution in [0.25, 0.3) is 10.8 Å². The highest BCUT2D eigenvalue weighted by Crippen LogP contribution is 2.30. The Labute approximate surface area is 190 Å². The van der Waals surface area contributed by atoms with Gasteiger partial charge >= 0.3 is 0 Å². The van der Waals surface area contributed by atoms with Crippen LogP contribution in [0, 0.1) is 6.92 Å². The molecule has 0 spiro atoms. The van der Waals surface area contributed by atoms with Gasteiger partial charge in [0.05, 0.1) is 18.4 Å². The van der Waals surface area contributed by atoms with Gasteiger partial charge in [-0.3, -0.25) is 9.59 Å². The number of ether oxygens (including phenoxy) is 2. The largest absolute Gasteiger partial charge is 0.495 e. The molecule has 1 heterocycles. The van der Waals surface area contributed by atoms with E-state index in [0.29, 0.717) is 23.0 Å². The van der Waals surface area contributed by atoms with Crippen molar-refractivity contribution in [3.8, 4) is 11.5 Å². The summed E-state index contributed by atoms with van der Waals surface area (Å²) < 4.78 is 16.2. The van der Waals surface area contributed by atoms with Gasteiger partial charge in [0.1, 0.15) is 17.3 Å². The quantitative estimate of drug-likeness (QED) is 0.423. The summed E-state index contributed by atoms with van der Waals surface area (Å²) in [6.45, 7) is 3.32. The molecule has 0 saturated carbocycles. The van der Waals surface area contributed by atoms with Crippen molar-refractivity contribution in [3.05, 3.63) is 78.1 Å². The van der Waals surface area contributed by atoms with Gasteiger partial charge in [0, 0.05) is 6.07 Å². The van der Waals surface area contributed by atoms with Gasteiger partial charge in [-0.15, -0.1) is 0 Å². The third-order valence-corrected chi connectivity index (χ3v) is 5.00. The van der Waals surface area contributed by atoms with Crippen molar-refractivity contribution in [1.29, 1.82) is 0 Å². The Bertz CT molecular complexity index is 1310. The number of para-hydroxylation sites is 2. The second-order valence-corrected chi connectivity index (χ2v) is 7.42. The Balaban J connectivity index is 1.62. The number of nitrogens with zero attached hydrogens (tertiary/aromatic N) is 1. The summed E-state index contributed by atoms with van der Waals surface area (Å²) >= 11 is 0. The molecule has 0 aliphatic heterocycles. The molecule has 33 heavy (non-hydrogen) atoms. The van der Waals surface area contributed by atoms with E-state index in [9.17, 15) is 9.59 Å². The molecule has 4 rings (SSSR count). The topological polar surface area (TPSA) is 103 Å². The standard InChI is InChI=1S/C25H23N3O5/c1-15-12-23(28-33-15)27-24(29)16(2)32-22-14-18-9-5-4-8-17(18)13-19(22)25(30)26-20-10-6-7-11-21(20)31-3/h4-14,16H,1-3H3,(H,26,30)(H,27,28,29)/t16-/m1/s1. The van der Waals surface area contributed by atoms with Crippen LogP contribution >= 0.6 is 0 Å². The fourth-order valence-electron chi connectivity index (χ4n) is 3.33. The highest BCUT2D eigenvalue weighted by molar-refractivity contribution is 6.09. The number of aromatic nitrogens is 1. The van der Waals surface area contributed by atoms with Crippen LogP contribution in [-0.4, -0.2) is 30.2 Å². The minimum absolute atomic E-state index is 0.278. The molecular formula is C25H23N3O5. The smallest absolute Gasteiger partial charge is 0.266 e. The molecule has 3 aromatic carbocycles. The summed E-state index contributed by atoms with van der Waals surface area (Å²) in [6.07, 6.45) is -0.902. The fraction of sp³-hybridized carbons (Fsp3) is 0.160. The van der Waals surface area contributed by atoms with Crippen LogP contribution in [0.2, 0.25) is 0 Å². The summed E-state index contributed by atoms with van der Waals surface area (Å²) in [5.41, 5.74) is 0.813. The highest BCUT2D eigenvalue weighted by Gasteiger charge is 2.21. The normalized spacial score (nSPS) is 11.6. The van der Waals surface area contributed by atoms with Crippen LogP contribution in [0.3, 0.4) is 0 Å². The van der Waals surface area contributed by atoms with Crippen LogP contribution in [0.1, 0.15) is 23.0 Å². The van der Waals surface area contributed by atoms with Crippen LogP contribution < -0.4 is 20.1 Å². The lowest BCUT2D eigenvalue weighted by Gasteiger charge is -2.18. The Morgan fingerprint density at radius 2 is 1.64 bits per heavy atom. The van der Waals surface area contributed by atoms with Crippen molar-refractivity contribution in [1.82, 2.24) is 5.16 Å². The summed E-state index contributed by atoms with van der Waals surface area (Å²) in [5.74, 6) is 0.863. The van der Waals surface area contributed by atoms with E-state index in [-0.39, 0.29) is 17.2 Å². The summed E-state index contributed by atoms with van der Waals surface area (Å²) in [4.78, 5) is 25.8. The number of nitrogens with one attached hydrogen (secondary N) is 2. The lowest BCUT2D eigenvalue weighted by molar-refractivity contribution is -0.122. The zero-order valence-corrected chi connectivity index (χ0v) is 18.4. The minimum atomic E-state index is -0.902. The predicted octanol–water partition coefficient (Wildman–Crippen LogP) is 4.80. The molecule has 0 fully saturated rings. The molecule has 2 N–H and O–H groups in total. The lowest BCUT2D eigenvalue weighted by Crippen LogP contribution is -2.31. The summed E-state index contributed by atoms with van der Waals surface area (Å²) in [7, 11) is 1.53. The molecule has 0 radical (unpaired) electrons. The average Bonchev–Trinajstić information content (AvgIpc) is 3.23. The molecule has 8 heteroatoms. The Morgan fingerprint density at radius 1 is 0.939 bits per heavy atom. The van der Waals surface area contributed by atoms with Crippen LogP contribution in [-0.2, 0) is 4.79 Å². The van der Waals surface area contributed by atoms with Gasteiger partial charge < -0.3 is 24.6 Å². The van der Waals surface area contributed by atoms with Gasteiger partial charge in [0.2, 0.25) is 0 Å². The Morgan fingerprint density at radius 3 is 2.33 bits per heavy atom. The molecule has 1 atom stereocenters. The lowest BCUT2D eigenvalue weighted by atomic mass is 10.0. The maximum atomic E-state index is 13.2. The van der Waals surface area contributed by atoms with E-state index < -0.39 is 12.0 Å². The van der Waals surface area contributed by atoms with Crippen LogP contribution in [0.15, 0.2) is 71.3 Å². The molecule has 0 bridgehead atoms. The van der Waals surface area contributed by atoms with Crippen LogP contribution in [0.5, 0.6) is 11.5 Å². The number of carbonyl (C=O) groups is 2. The molecule has 168 valence electrons. The third-order valence-electron chi connectivity index (χ3n) is 5.00. The Kier molecular flexibility index (Phi) is 6.26. The number of anilines is 2. The molecule has 0 aliphatic rings. The first kappa shape index (κ1) is 21.9. The number of carbonyl (C=O) groups excluding carboxylic acids is 2. The monoisotopic (exact) mass is 445 g/mol. The number of rotatable bonds is 7. The average molecular weight is 445 g/mol. The van der Waals surface area contributed by atoms with E-state index in [4.69, 9.17) is 14.0 Å². The zero-order chi connectivity index (χ0) is 23.4. The fourth-order valence-corrected chi connectivity index (χ4v) is 3.33. The number of aryl methyl sites for hydroxylation is 1. The molecule has 1 aromatic heterocycles. The first-order valence-corrected chi connectivity index (χ1v) is 10.3. The maximum absolute atomic E-state index is 13.2. The van der Waals surface area contributed by atoms with Gasteiger partial charge in [0.15, 0.2) is 11.9 Å². The second-order valence-electron chi connectivity index (χ2n) is 7.42. The van der Waals surface area contributed by atoms with Crippen molar-refractivity contribution < 1.29 is 23.6 Å². The third kappa shape index (κ3) is 4.95. The van der Waals surface area contributed by atoms with Gasteiger partial charge in [0.25, 0.3) is 11.8 Å². The van der Waals surface area contributed by atoms with E-state index in [1.807, 2.05) is 30.3 Å². The number of hydrogen-bond acceptors (Lipinski definition) is 6. The van der Waals surface area contributed by atoms with E-state index in [1.54, 1.807) is 50.2 Å². The summed E-state index contributed by atoms with van der Waals surface area (Å²) in [6, 6.07) is 19.8. The maximum Gasteiger partial charge on any atom is 0.266 e. The van der Waals surface area contributed by atoms with Crippen molar-refractivity contribution in [3.63, 3.8) is 0 Å². The summed E-state index contributed by atoms with van der Waals surface area (Å²) in [5, 5.41) is 11.0. The molecule has 4 aromatic rings. The van der Waals surface area contributed by atoms with Crippen molar-refractivity contribution in [2.24, 2.45) is 0 Å². The van der Waals surface area contributed by atoms with Crippen LogP contribution in [0.4, 0.5) is 11.5 Å². The first-order chi connectivity index (χ1) is 15.9. The molecule has 0 saturated heterocycles. The number of methoxy groups -OCH3 is 1. The number of amides is 2. The van der Waals surface area contributed by atoms with Crippen molar-refractivity contribution in [2.45, 2.75) is 20.0 Å². The second kappa shape index (κ2) is 9.44. The molecule has 8 nitrogen and oxygen atoms in total. The molecular weight excluding hydrogens is 422 g/mol. The van der Waals surface area contributed by atoms with Gasteiger partial charge in [-0.1, -0.05) is 41.6 Å². The van der Waals surface area contributed by atoms with E-state index in [0.717, 1.165) is 10.8 Å². The first-order valence-electron chi connectivity index (χ1n) is 10.3. The van der Waals surface area contributed by atoms with Gasteiger partial charge in [-0.05, 0) is 48.9 Å². The SMILES string of the molecule is COc1ccccc1NC(=O)c1cc2ccccc2cc1O[C@H](C)C(=O)Nc1cc(C)on1. The van der Waals surface area contributed by atoms with Crippen molar-refractivity contribution >= 4 is 34.1 Å². The van der Waals surface area contributed by atoms with Crippen molar-refractivity contribution in [2.75, 3.05) is 17.7 Å². The van der Waals surface area contributed by atoms with E-state index in [2.05, 4.69) is 15.8 Å². The number of benzene rings is 3. The van der Waals surface area contributed by atoms with E-state index in [1.165, 1.54) is 7.11 Å². The highest BCUT2D eigenvalue weighted by atomic mass is 16.5. The number of fused-ring (bicyclic) bond motifs is 1. The minimum Gasteiger partial charge on any atom is -0.495 e. The number of hydrogen-bond donors (Lipinski definition) is 2. The molecule has 0 unspecified atom stereocenters. The van der Waals surface area contributed by atoms with E-state index >= 15 is 0 Å². The predicted molar refractivity (Wildman–Crippen MR) is 125 cm³/mol. The van der Waals surface area contributed by atoms with Gasteiger partial charge in [-0.2, -0.15) is 0 Å².